The molecule has 0 fully saturated rings. The van der Waals surface area contributed by atoms with Gasteiger partial charge in [-0.15, -0.1) is 0 Å². The molecule has 0 aromatic heterocycles. The van der Waals surface area contributed by atoms with Gasteiger partial charge in [0.15, 0.2) is 0 Å². The Morgan fingerprint density at radius 1 is 1.45 bits per heavy atom. The summed E-state index contributed by atoms with van der Waals surface area (Å²) in [6, 6.07) is 0.651. The van der Waals surface area contributed by atoms with Gasteiger partial charge >= 0.3 is 0 Å². The van der Waals surface area contributed by atoms with E-state index in [-0.39, 0.29) is 0 Å². The molecule has 0 unspecified atom stereocenters. The molecule has 64 valence electrons. The van der Waals surface area contributed by atoms with Crippen LogP contribution in [0.15, 0.2) is 12.3 Å². The number of nitrogens with zero attached hydrogens (tertiary/aromatic N) is 1. The van der Waals surface area contributed by atoms with Crippen molar-refractivity contribution < 1.29 is 4.74 Å². The molecule has 1 rings (SSSR count). The van der Waals surface area contributed by atoms with Gasteiger partial charge in [0, 0.05) is 19.1 Å². The number of hydrogen-bond donors (Lipinski definition) is 0. The Kier molecular flexibility index (Phi) is 3.43. The van der Waals surface area contributed by atoms with Crippen molar-refractivity contribution in [2.75, 3.05) is 19.7 Å². The minimum absolute atomic E-state index is 0.651. The standard InChI is InChI=1S/C9H17NO/c1-9(2)10-5-3-7-11-8-4-6-10/h3,7,9H,4-6,8H2,1-2H3/b7-3-. The van der Waals surface area contributed by atoms with E-state index in [0.717, 1.165) is 26.1 Å². The zero-order chi connectivity index (χ0) is 8.10. The van der Waals surface area contributed by atoms with Crippen molar-refractivity contribution in [1.29, 1.82) is 0 Å². The van der Waals surface area contributed by atoms with Crippen molar-refractivity contribution in [3.63, 3.8) is 0 Å². The van der Waals surface area contributed by atoms with Gasteiger partial charge in [-0.05, 0) is 26.3 Å². The molecule has 0 aromatic carbocycles. The van der Waals surface area contributed by atoms with Crippen molar-refractivity contribution in [2.45, 2.75) is 26.3 Å². The van der Waals surface area contributed by atoms with E-state index in [1.165, 1.54) is 0 Å². The Morgan fingerprint density at radius 2 is 2.27 bits per heavy atom. The van der Waals surface area contributed by atoms with E-state index in [1.807, 2.05) is 6.26 Å². The summed E-state index contributed by atoms with van der Waals surface area (Å²) < 4.78 is 5.20. The molecule has 0 atom stereocenters. The van der Waals surface area contributed by atoms with Gasteiger partial charge in [0.05, 0.1) is 12.9 Å². The van der Waals surface area contributed by atoms with Gasteiger partial charge < -0.3 is 4.74 Å². The maximum atomic E-state index is 5.20. The molecule has 0 saturated heterocycles. The lowest BCUT2D eigenvalue weighted by Gasteiger charge is -2.25. The van der Waals surface area contributed by atoms with E-state index < -0.39 is 0 Å². The quantitative estimate of drug-likeness (QED) is 0.570. The van der Waals surface area contributed by atoms with Crippen LogP contribution in [0.2, 0.25) is 0 Å². The lowest BCUT2D eigenvalue weighted by Crippen LogP contribution is -2.33. The SMILES string of the molecule is CC(C)N1C/C=C\OCCC1. The van der Waals surface area contributed by atoms with Gasteiger partial charge in [-0.2, -0.15) is 0 Å². The fourth-order valence-electron chi connectivity index (χ4n) is 1.23. The summed E-state index contributed by atoms with van der Waals surface area (Å²) in [5.41, 5.74) is 0. The first-order chi connectivity index (χ1) is 5.30. The van der Waals surface area contributed by atoms with Crippen molar-refractivity contribution in [2.24, 2.45) is 0 Å². The topological polar surface area (TPSA) is 12.5 Å². The summed E-state index contributed by atoms with van der Waals surface area (Å²) in [7, 11) is 0. The van der Waals surface area contributed by atoms with Crippen LogP contribution in [0, 0.1) is 0 Å². The molecule has 0 bridgehead atoms. The van der Waals surface area contributed by atoms with Crippen molar-refractivity contribution >= 4 is 0 Å². The zero-order valence-corrected chi connectivity index (χ0v) is 7.42. The minimum Gasteiger partial charge on any atom is -0.501 e. The molecule has 11 heavy (non-hydrogen) atoms. The van der Waals surface area contributed by atoms with Gasteiger partial charge in [-0.25, -0.2) is 0 Å². The number of hydrogen-bond acceptors (Lipinski definition) is 2. The molecule has 0 N–H and O–H groups in total. The first-order valence-electron chi connectivity index (χ1n) is 4.31. The van der Waals surface area contributed by atoms with Gasteiger partial charge in [-0.3, -0.25) is 4.90 Å². The van der Waals surface area contributed by atoms with Crippen molar-refractivity contribution in [3.8, 4) is 0 Å². The first kappa shape index (κ1) is 8.60. The average Bonchev–Trinajstić information content (AvgIpc) is 1.84. The van der Waals surface area contributed by atoms with Crippen LogP contribution in [0.4, 0.5) is 0 Å². The largest absolute Gasteiger partial charge is 0.501 e. The van der Waals surface area contributed by atoms with Gasteiger partial charge in [0.2, 0.25) is 0 Å². The fraction of sp³-hybridized carbons (Fsp3) is 0.778. The highest BCUT2D eigenvalue weighted by Crippen LogP contribution is 2.02. The highest BCUT2D eigenvalue weighted by atomic mass is 16.5. The molecular weight excluding hydrogens is 138 g/mol. The molecule has 1 aliphatic heterocycles. The third-order valence-electron chi connectivity index (χ3n) is 1.97. The Hall–Kier alpha value is -0.500. The summed E-state index contributed by atoms with van der Waals surface area (Å²) in [6.45, 7) is 7.51. The van der Waals surface area contributed by atoms with Crippen LogP contribution in [0.5, 0.6) is 0 Å². The molecule has 0 aromatic rings. The van der Waals surface area contributed by atoms with E-state index in [4.69, 9.17) is 4.74 Å². The van der Waals surface area contributed by atoms with Crippen LogP contribution in [0.3, 0.4) is 0 Å². The average molecular weight is 155 g/mol. The summed E-state index contributed by atoms with van der Waals surface area (Å²) >= 11 is 0. The molecule has 0 aliphatic carbocycles. The predicted octanol–water partition coefficient (Wildman–Crippen LogP) is 1.63. The lowest BCUT2D eigenvalue weighted by molar-refractivity contribution is 0.177. The van der Waals surface area contributed by atoms with Crippen LogP contribution >= 0.6 is 0 Å². The Morgan fingerprint density at radius 3 is 3.00 bits per heavy atom. The Bertz CT molecular complexity index is 132. The normalized spacial score (nSPS) is 23.9. The minimum atomic E-state index is 0.651. The molecular formula is C9H17NO. The molecule has 0 radical (unpaired) electrons. The number of ether oxygens (including phenoxy) is 1. The Balaban J connectivity index is 2.38. The highest BCUT2D eigenvalue weighted by Gasteiger charge is 2.07. The van der Waals surface area contributed by atoms with Gasteiger partial charge in [0.1, 0.15) is 0 Å². The van der Waals surface area contributed by atoms with Crippen LogP contribution < -0.4 is 0 Å². The molecule has 0 spiro atoms. The summed E-state index contributed by atoms with van der Waals surface area (Å²) in [6.07, 6.45) is 5.04. The van der Waals surface area contributed by atoms with Gasteiger partial charge in [-0.1, -0.05) is 0 Å². The third kappa shape index (κ3) is 2.93. The van der Waals surface area contributed by atoms with Crippen LogP contribution in [-0.2, 0) is 4.74 Å². The maximum absolute atomic E-state index is 5.20. The fourth-order valence-corrected chi connectivity index (χ4v) is 1.23. The molecule has 2 heteroatoms. The molecule has 1 heterocycles. The third-order valence-corrected chi connectivity index (χ3v) is 1.97. The zero-order valence-electron chi connectivity index (χ0n) is 7.42. The Labute approximate surface area is 68.8 Å². The molecule has 0 saturated carbocycles. The van der Waals surface area contributed by atoms with Crippen molar-refractivity contribution in [3.05, 3.63) is 12.3 Å². The molecule has 1 aliphatic rings. The van der Waals surface area contributed by atoms with E-state index in [2.05, 4.69) is 24.8 Å². The first-order valence-corrected chi connectivity index (χ1v) is 4.31. The van der Waals surface area contributed by atoms with E-state index in [1.54, 1.807) is 0 Å². The summed E-state index contributed by atoms with van der Waals surface area (Å²) in [5, 5.41) is 0. The highest BCUT2D eigenvalue weighted by molar-refractivity contribution is 4.81. The second-order valence-corrected chi connectivity index (χ2v) is 3.18. The van der Waals surface area contributed by atoms with E-state index in [9.17, 15) is 0 Å². The van der Waals surface area contributed by atoms with E-state index in [0.29, 0.717) is 6.04 Å². The van der Waals surface area contributed by atoms with Crippen molar-refractivity contribution in [1.82, 2.24) is 4.90 Å². The predicted molar refractivity (Wildman–Crippen MR) is 46.4 cm³/mol. The second-order valence-electron chi connectivity index (χ2n) is 3.18. The molecule has 2 nitrogen and oxygen atoms in total. The summed E-state index contributed by atoms with van der Waals surface area (Å²) in [4.78, 5) is 2.44. The monoisotopic (exact) mass is 155 g/mol. The lowest BCUT2D eigenvalue weighted by atomic mass is 10.3. The summed E-state index contributed by atoms with van der Waals surface area (Å²) in [5.74, 6) is 0. The van der Waals surface area contributed by atoms with Gasteiger partial charge in [0.25, 0.3) is 0 Å². The van der Waals surface area contributed by atoms with Crippen LogP contribution in [0.1, 0.15) is 20.3 Å². The second kappa shape index (κ2) is 4.39. The van der Waals surface area contributed by atoms with Crippen LogP contribution in [-0.4, -0.2) is 30.6 Å². The van der Waals surface area contributed by atoms with Crippen LogP contribution in [0.25, 0.3) is 0 Å². The molecule has 0 amide bonds. The number of rotatable bonds is 1. The van der Waals surface area contributed by atoms with E-state index >= 15 is 0 Å². The maximum Gasteiger partial charge on any atom is 0.0885 e. The smallest absolute Gasteiger partial charge is 0.0885 e.